The summed E-state index contributed by atoms with van der Waals surface area (Å²) in [5, 5.41) is 7.38. The minimum Gasteiger partial charge on any atom is -0.383 e. The van der Waals surface area contributed by atoms with E-state index in [0.717, 1.165) is 12.1 Å². The van der Waals surface area contributed by atoms with Gasteiger partial charge in [0.25, 0.3) is 0 Å². The Kier molecular flexibility index (Phi) is 7.85. The summed E-state index contributed by atoms with van der Waals surface area (Å²) in [7, 11) is -1.38. The van der Waals surface area contributed by atoms with E-state index in [1.165, 1.54) is 5.56 Å². The molecule has 1 amide bonds. The second-order valence-electron chi connectivity index (χ2n) is 8.08. The lowest BCUT2D eigenvalue weighted by atomic mass is 10.1. The monoisotopic (exact) mass is 448 g/mol. The number of hydrogen-bond acceptors (Lipinski definition) is 6. The van der Waals surface area contributed by atoms with Crippen molar-refractivity contribution in [3.05, 3.63) is 47.7 Å². The number of nitrogens with zero attached hydrogens (tertiary/aromatic N) is 3. The highest BCUT2D eigenvalue weighted by Gasteiger charge is 2.31. The molecule has 31 heavy (non-hydrogen) atoms. The average Bonchev–Trinajstić information content (AvgIpc) is 3.27. The molecule has 2 heterocycles. The van der Waals surface area contributed by atoms with Gasteiger partial charge in [-0.25, -0.2) is 13.1 Å². The number of carbonyl (C=O) groups is 1. The van der Waals surface area contributed by atoms with Crippen molar-refractivity contribution in [2.24, 2.45) is 0 Å². The number of aryl methyl sites for hydroxylation is 1. The highest BCUT2D eigenvalue weighted by molar-refractivity contribution is 7.91. The molecule has 170 valence electrons. The summed E-state index contributed by atoms with van der Waals surface area (Å²) in [6.07, 6.45) is 1.30. The fourth-order valence-electron chi connectivity index (χ4n) is 4.09. The molecule has 1 N–H and O–H groups in total. The molecule has 1 fully saturated rings. The Morgan fingerprint density at radius 1 is 1.35 bits per heavy atom. The summed E-state index contributed by atoms with van der Waals surface area (Å²) < 4.78 is 30.8. The van der Waals surface area contributed by atoms with E-state index in [-0.39, 0.29) is 36.0 Å². The molecule has 0 saturated carbocycles. The van der Waals surface area contributed by atoms with Crippen molar-refractivity contribution in [3.8, 4) is 0 Å². The molecule has 2 atom stereocenters. The molecule has 2 aromatic rings. The van der Waals surface area contributed by atoms with Crippen LogP contribution in [0.4, 0.5) is 5.82 Å². The summed E-state index contributed by atoms with van der Waals surface area (Å²) in [5.41, 5.74) is 1.94. The number of hydrogen-bond donors (Lipinski definition) is 1. The third-order valence-corrected chi connectivity index (χ3v) is 7.37. The number of methoxy groups -OCH3 is 1. The summed E-state index contributed by atoms with van der Waals surface area (Å²) >= 11 is 0. The number of amides is 1. The molecule has 1 aromatic heterocycles. The van der Waals surface area contributed by atoms with Crippen molar-refractivity contribution in [2.45, 2.75) is 38.8 Å². The van der Waals surface area contributed by atoms with Gasteiger partial charge >= 0.3 is 0 Å². The van der Waals surface area contributed by atoms with Crippen LogP contribution in [-0.4, -0.2) is 73.4 Å². The molecular weight excluding hydrogens is 416 g/mol. The number of aromatic nitrogens is 2. The first-order valence-corrected chi connectivity index (χ1v) is 12.5. The molecule has 0 aliphatic carbocycles. The van der Waals surface area contributed by atoms with E-state index in [1.807, 2.05) is 32.0 Å². The summed E-state index contributed by atoms with van der Waals surface area (Å²) in [6.45, 7) is 5.30. The second kappa shape index (κ2) is 10.4. The van der Waals surface area contributed by atoms with Crippen LogP contribution in [0.3, 0.4) is 0 Å². The lowest BCUT2D eigenvalue weighted by Gasteiger charge is -2.30. The standard InChI is InChI=1S/C22H32N4O4S/c1-4-25(20(15-30-3)13-18-8-6-5-7-9-18)14-22(27)23-21-12-17(2)24-26(21)19-10-11-31(28,29)16-19/h5-9,12,19-20H,4,10-11,13-16H2,1-3H3,(H,23,27). The number of nitrogens with one attached hydrogen (secondary N) is 1. The van der Waals surface area contributed by atoms with E-state index in [4.69, 9.17) is 4.74 Å². The van der Waals surface area contributed by atoms with Crippen molar-refractivity contribution in [1.29, 1.82) is 0 Å². The summed E-state index contributed by atoms with van der Waals surface area (Å²) in [6, 6.07) is 11.8. The van der Waals surface area contributed by atoms with Gasteiger partial charge in [0.05, 0.1) is 36.4 Å². The van der Waals surface area contributed by atoms with Crippen molar-refractivity contribution < 1.29 is 17.9 Å². The van der Waals surface area contributed by atoms with Crippen molar-refractivity contribution in [3.63, 3.8) is 0 Å². The van der Waals surface area contributed by atoms with Crippen LogP contribution >= 0.6 is 0 Å². The molecule has 2 unspecified atom stereocenters. The molecule has 3 rings (SSSR count). The minimum absolute atomic E-state index is 0.0606. The molecule has 1 aliphatic rings. The molecule has 1 saturated heterocycles. The molecule has 1 aliphatic heterocycles. The number of rotatable bonds is 10. The van der Waals surface area contributed by atoms with Crippen LogP contribution in [-0.2, 0) is 25.8 Å². The van der Waals surface area contributed by atoms with Crippen LogP contribution in [0.15, 0.2) is 36.4 Å². The van der Waals surface area contributed by atoms with E-state index in [1.54, 1.807) is 17.9 Å². The SMILES string of the molecule is CCN(CC(=O)Nc1cc(C)nn1C1CCS(=O)(=O)C1)C(COC)Cc1ccccc1. The van der Waals surface area contributed by atoms with Gasteiger partial charge in [0.2, 0.25) is 5.91 Å². The highest BCUT2D eigenvalue weighted by atomic mass is 32.2. The Balaban J connectivity index is 1.68. The van der Waals surface area contributed by atoms with E-state index in [9.17, 15) is 13.2 Å². The van der Waals surface area contributed by atoms with Gasteiger partial charge in [-0.15, -0.1) is 0 Å². The third kappa shape index (κ3) is 6.38. The fraction of sp³-hybridized carbons (Fsp3) is 0.545. The van der Waals surface area contributed by atoms with Crippen LogP contribution in [0.1, 0.15) is 30.6 Å². The maximum atomic E-state index is 12.9. The van der Waals surface area contributed by atoms with Gasteiger partial charge in [0.15, 0.2) is 9.84 Å². The van der Waals surface area contributed by atoms with Crippen molar-refractivity contribution in [1.82, 2.24) is 14.7 Å². The van der Waals surface area contributed by atoms with Gasteiger partial charge in [0.1, 0.15) is 5.82 Å². The molecular formula is C22H32N4O4S. The number of benzene rings is 1. The van der Waals surface area contributed by atoms with Crippen LogP contribution in [0, 0.1) is 6.92 Å². The van der Waals surface area contributed by atoms with Crippen LogP contribution < -0.4 is 5.32 Å². The predicted octanol–water partition coefficient (Wildman–Crippen LogP) is 2.07. The first-order chi connectivity index (χ1) is 14.8. The Morgan fingerprint density at radius 3 is 2.71 bits per heavy atom. The van der Waals surface area contributed by atoms with E-state index in [2.05, 4.69) is 27.4 Å². The highest BCUT2D eigenvalue weighted by Crippen LogP contribution is 2.27. The zero-order chi connectivity index (χ0) is 22.4. The van der Waals surface area contributed by atoms with Gasteiger partial charge in [-0.1, -0.05) is 37.3 Å². The predicted molar refractivity (Wildman–Crippen MR) is 121 cm³/mol. The normalized spacial score (nSPS) is 18.9. The van der Waals surface area contributed by atoms with Crippen molar-refractivity contribution in [2.75, 3.05) is 43.6 Å². The second-order valence-corrected chi connectivity index (χ2v) is 10.3. The van der Waals surface area contributed by atoms with Gasteiger partial charge in [-0.3, -0.25) is 9.69 Å². The number of ether oxygens (including phenoxy) is 1. The van der Waals surface area contributed by atoms with E-state index >= 15 is 0 Å². The van der Waals surface area contributed by atoms with Crippen LogP contribution in [0.25, 0.3) is 0 Å². The topological polar surface area (TPSA) is 93.5 Å². The number of likely N-dealkylation sites (N-methyl/N-ethyl adjacent to an activating group) is 1. The molecule has 0 spiro atoms. The lowest BCUT2D eigenvalue weighted by molar-refractivity contribution is -0.118. The van der Waals surface area contributed by atoms with Gasteiger partial charge in [0, 0.05) is 19.2 Å². The Bertz CT molecular complexity index is 975. The number of anilines is 1. The summed E-state index contributed by atoms with van der Waals surface area (Å²) in [4.78, 5) is 15.0. The zero-order valence-corrected chi connectivity index (χ0v) is 19.3. The van der Waals surface area contributed by atoms with Gasteiger partial charge < -0.3 is 10.1 Å². The van der Waals surface area contributed by atoms with Crippen molar-refractivity contribution >= 4 is 21.6 Å². The molecule has 0 radical (unpaired) electrons. The lowest BCUT2D eigenvalue weighted by Crippen LogP contribution is -2.44. The van der Waals surface area contributed by atoms with Crippen LogP contribution in [0.5, 0.6) is 0 Å². The summed E-state index contributed by atoms with van der Waals surface area (Å²) in [5.74, 6) is 0.613. The first kappa shape index (κ1) is 23.4. The van der Waals surface area contributed by atoms with Crippen LogP contribution in [0.2, 0.25) is 0 Å². The molecule has 1 aromatic carbocycles. The van der Waals surface area contributed by atoms with Gasteiger partial charge in [-0.05, 0) is 31.9 Å². The Hall–Kier alpha value is -2.23. The van der Waals surface area contributed by atoms with Gasteiger partial charge in [-0.2, -0.15) is 5.10 Å². The number of carbonyl (C=O) groups excluding carboxylic acids is 1. The maximum Gasteiger partial charge on any atom is 0.239 e. The Morgan fingerprint density at radius 2 is 2.10 bits per heavy atom. The Labute approximate surface area is 184 Å². The third-order valence-electron chi connectivity index (χ3n) is 5.62. The molecule has 9 heteroatoms. The minimum atomic E-state index is -3.05. The largest absolute Gasteiger partial charge is 0.383 e. The quantitative estimate of drug-likeness (QED) is 0.598. The molecule has 0 bridgehead atoms. The average molecular weight is 449 g/mol. The zero-order valence-electron chi connectivity index (χ0n) is 18.5. The smallest absolute Gasteiger partial charge is 0.239 e. The maximum absolute atomic E-state index is 12.9. The first-order valence-electron chi connectivity index (χ1n) is 10.6. The fourth-order valence-corrected chi connectivity index (χ4v) is 5.79. The van der Waals surface area contributed by atoms with E-state index in [0.29, 0.717) is 25.4 Å². The molecule has 8 nitrogen and oxygen atoms in total. The number of sulfone groups is 1. The van der Waals surface area contributed by atoms with E-state index < -0.39 is 9.84 Å².